The summed E-state index contributed by atoms with van der Waals surface area (Å²) in [4.78, 5) is 39.2. The maximum Gasteiger partial charge on any atom is 0.326 e. The van der Waals surface area contributed by atoms with Crippen LogP contribution in [0.1, 0.15) is 52.4 Å². The van der Waals surface area contributed by atoms with Crippen molar-refractivity contribution in [1.82, 2.24) is 19.2 Å². The zero-order chi connectivity index (χ0) is 30.5. The lowest BCUT2D eigenvalue weighted by Gasteiger charge is -2.32. The second-order valence-electron chi connectivity index (χ2n) is 10.6. The molecule has 0 spiro atoms. The number of rotatable bonds is 12. The fourth-order valence-corrected chi connectivity index (χ4v) is 8.03. The Bertz CT molecular complexity index is 1330. The van der Waals surface area contributed by atoms with Gasteiger partial charge in [-0.05, 0) is 70.1 Å². The number of nitrogens with zero attached hydrogens (tertiary/aromatic N) is 2. The maximum atomic E-state index is 13.2. The lowest BCUT2D eigenvalue weighted by molar-refractivity contribution is -0.143. The van der Waals surface area contributed by atoms with E-state index in [2.05, 4.69) is 10.0 Å². The van der Waals surface area contributed by atoms with Gasteiger partial charge in [-0.15, -0.1) is 0 Å². The van der Waals surface area contributed by atoms with Gasteiger partial charge in [0.25, 0.3) is 0 Å². The van der Waals surface area contributed by atoms with Crippen molar-refractivity contribution in [3.63, 3.8) is 0 Å². The number of hydrogen-bond donors (Lipinski definition) is 3. The van der Waals surface area contributed by atoms with E-state index in [4.69, 9.17) is 23.2 Å². The van der Waals surface area contributed by atoms with E-state index in [1.807, 2.05) is 0 Å². The molecule has 41 heavy (non-hydrogen) atoms. The smallest absolute Gasteiger partial charge is 0.326 e. The van der Waals surface area contributed by atoms with Crippen molar-refractivity contribution in [3.05, 3.63) is 28.2 Å². The van der Waals surface area contributed by atoms with Gasteiger partial charge < -0.3 is 15.3 Å². The molecule has 2 amide bonds. The van der Waals surface area contributed by atoms with Crippen LogP contribution in [0.5, 0.6) is 0 Å². The van der Waals surface area contributed by atoms with Crippen molar-refractivity contribution in [2.45, 2.75) is 74.6 Å². The fraction of sp³-hybridized carbons (Fsp3) is 0.640. The van der Waals surface area contributed by atoms with Crippen molar-refractivity contribution < 1.29 is 36.3 Å². The molecule has 2 heterocycles. The summed E-state index contributed by atoms with van der Waals surface area (Å²) in [7, 11) is -7.51. The summed E-state index contributed by atoms with van der Waals surface area (Å²) in [6.07, 6.45) is 1.52. The second kappa shape index (κ2) is 14.0. The average Bonchev–Trinajstić information content (AvgIpc) is 3.40. The molecule has 0 saturated carbocycles. The Morgan fingerprint density at radius 1 is 1.00 bits per heavy atom. The van der Waals surface area contributed by atoms with Gasteiger partial charge in [-0.1, -0.05) is 23.2 Å². The molecule has 1 aromatic carbocycles. The highest BCUT2D eigenvalue weighted by molar-refractivity contribution is 7.90. The molecule has 0 aliphatic carbocycles. The number of carboxylic acid groups (broad SMARTS) is 1. The van der Waals surface area contributed by atoms with Gasteiger partial charge in [-0.25, -0.2) is 26.4 Å². The molecule has 0 unspecified atom stereocenters. The molecule has 0 bridgehead atoms. The van der Waals surface area contributed by atoms with Gasteiger partial charge in [0.1, 0.15) is 12.1 Å². The van der Waals surface area contributed by atoms with Gasteiger partial charge in [0, 0.05) is 42.6 Å². The van der Waals surface area contributed by atoms with E-state index in [1.165, 1.54) is 18.2 Å². The van der Waals surface area contributed by atoms with Crippen LogP contribution >= 0.6 is 23.2 Å². The molecule has 2 atom stereocenters. The number of aliphatic carboxylic acids is 1. The Hall–Kier alpha value is -1.97. The first-order valence-electron chi connectivity index (χ1n) is 13.4. The van der Waals surface area contributed by atoms with Crippen LogP contribution in [0.4, 0.5) is 0 Å². The standard InChI is InChI=1S/C25H36Cl2N4O8S2/c1-16(2)40(36,37)28-15-17-7-10-30(11-8-17)23(32)6-5-21(25(34)35)29-24(33)22-4-3-9-31(22)41(38,39)20-13-18(26)12-19(27)14-20/h12-14,16-17,21-22,28H,3-11,15H2,1-2H3,(H,29,33)(H,34,35)/t21-,22+/m0/s1. The normalized spacial score (nSPS) is 19.8. The van der Waals surface area contributed by atoms with Crippen LogP contribution in [-0.4, -0.2) is 92.4 Å². The van der Waals surface area contributed by atoms with Crippen LogP contribution in [0.15, 0.2) is 23.1 Å². The lowest BCUT2D eigenvalue weighted by atomic mass is 9.96. The van der Waals surface area contributed by atoms with E-state index >= 15 is 0 Å². The Morgan fingerprint density at radius 3 is 2.17 bits per heavy atom. The van der Waals surface area contributed by atoms with Crippen LogP contribution in [0.3, 0.4) is 0 Å². The SMILES string of the molecule is CC(C)S(=O)(=O)NCC1CCN(C(=O)CC[C@H](NC(=O)[C@H]2CCCN2S(=O)(=O)c2cc(Cl)cc(Cl)c2)C(=O)O)CC1. The quantitative estimate of drug-likeness (QED) is 0.307. The molecule has 3 rings (SSSR count). The number of halogens is 2. The number of piperidine rings is 1. The number of amides is 2. The number of carboxylic acids is 1. The van der Waals surface area contributed by atoms with E-state index in [9.17, 15) is 36.3 Å². The molecule has 16 heteroatoms. The van der Waals surface area contributed by atoms with Crippen LogP contribution < -0.4 is 10.0 Å². The van der Waals surface area contributed by atoms with Crippen molar-refractivity contribution in [3.8, 4) is 0 Å². The Labute approximate surface area is 250 Å². The van der Waals surface area contributed by atoms with Gasteiger partial charge >= 0.3 is 5.97 Å². The molecule has 0 aromatic heterocycles. The van der Waals surface area contributed by atoms with E-state index in [1.54, 1.807) is 18.7 Å². The fourth-order valence-electron chi connectivity index (χ4n) is 4.84. The monoisotopic (exact) mass is 654 g/mol. The predicted octanol–water partition coefficient (Wildman–Crippen LogP) is 2.06. The van der Waals surface area contributed by atoms with Gasteiger partial charge in [0.15, 0.2) is 0 Å². The summed E-state index contributed by atoms with van der Waals surface area (Å²) in [5.74, 6) is -2.28. The summed E-state index contributed by atoms with van der Waals surface area (Å²) in [6, 6.07) is 1.33. The molecule has 230 valence electrons. The van der Waals surface area contributed by atoms with Crippen LogP contribution in [0, 0.1) is 5.92 Å². The molecular weight excluding hydrogens is 619 g/mol. The summed E-state index contributed by atoms with van der Waals surface area (Å²) < 4.78 is 54.0. The number of carbonyl (C=O) groups excluding carboxylic acids is 2. The number of nitrogens with one attached hydrogen (secondary N) is 2. The summed E-state index contributed by atoms with van der Waals surface area (Å²) in [5.41, 5.74) is 0. The summed E-state index contributed by atoms with van der Waals surface area (Å²) in [6.45, 7) is 4.39. The van der Waals surface area contributed by atoms with E-state index in [0.717, 1.165) is 4.31 Å². The number of carbonyl (C=O) groups is 3. The van der Waals surface area contributed by atoms with Gasteiger partial charge in [-0.3, -0.25) is 9.59 Å². The van der Waals surface area contributed by atoms with E-state index < -0.39 is 49.3 Å². The number of hydrogen-bond acceptors (Lipinski definition) is 7. The second-order valence-corrected chi connectivity index (χ2v) is 15.7. The Morgan fingerprint density at radius 2 is 1.61 bits per heavy atom. The highest BCUT2D eigenvalue weighted by Crippen LogP contribution is 2.30. The molecule has 12 nitrogen and oxygen atoms in total. The molecule has 2 fully saturated rings. The predicted molar refractivity (Wildman–Crippen MR) is 154 cm³/mol. The third-order valence-electron chi connectivity index (χ3n) is 7.37. The first-order chi connectivity index (χ1) is 19.1. The lowest BCUT2D eigenvalue weighted by Crippen LogP contribution is -2.51. The molecule has 0 radical (unpaired) electrons. The zero-order valence-corrected chi connectivity index (χ0v) is 26.0. The summed E-state index contributed by atoms with van der Waals surface area (Å²) in [5, 5.41) is 11.8. The summed E-state index contributed by atoms with van der Waals surface area (Å²) >= 11 is 11.9. The van der Waals surface area contributed by atoms with Crippen molar-refractivity contribution in [2.75, 3.05) is 26.2 Å². The molecule has 2 aliphatic rings. The number of likely N-dealkylation sites (tertiary alicyclic amines) is 1. The highest BCUT2D eigenvalue weighted by atomic mass is 35.5. The zero-order valence-electron chi connectivity index (χ0n) is 22.9. The van der Waals surface area contributed by atoms with Crippen molar-refractivity contribution in [2.24, 2.45) is 5.92 Å². The molecule has 1 aromatic rings. The van der Waals surface area contributed by atoms with E-state index in [0.29, 0.717) is 38.9 Å². The first kappa shape index (κ1) is 33.5. The van der Waals surface area contributed by atoms with Gasteiger partial charge in [0.05, 0.1) is 10.1 Å². The third-order valence-corrected chi connectivity index (χ3v) is 11.5. The average molecular weight is 656 g/mol. The topological polar surface area (TPSA) is 170 Å². The molecular formula is C25H36Cl2N4O8S2. The third kappa shape index (κ3) is 8.77. The van der Waals surface area contributed by atoms with Gasteiger partial charge in [0.2, 0.25) is 31.9 Å². The minimum Gasteiger partial charge on any atom is -0.480 e. The van der Waals surface area contributed by atoms with Crippen molar-refractivity contribution >= 4 is 61.0 Å². The van der Waals surface area contributed by atoms with Crippen LogP contribution in [-0.2, 0) is 34.4 Å². The maximum absolute atomic E-state index is 13.2. The minimum absolute atomic E-state index is 0.0651. The number of sulfonamides is 2. The first-order valence-corrected chi connectivity index (χ1v) is 17.1. The Kier molecular flexibility index (Phi) is 11.5. The highest BCUT2D eigenvalue weighted by Gasteiger charge is 2.41. The van der Waals surface area contributed by atoms with Gasteiger partial charge in [-0.2, -0.15) is 4.31 Å². The van der Waals surface area contributed by atoms with Crippen LogP contribution in [0.2, 0.25) is 10.0 Å². The van der Waals surface area contributed by atoms with E-state index in [-0.39, 0.29) is 52.6 Å². The molecule has 2 saturated heterocycles. The number of benzene rings is 1. The van der Waals surface area contributed by atoms with Crippen molar-refractivity contribution in [1.29, 1.82) is 0 Å². The molecule has 2 aliphatic heterocycles. The largest absolute Gasteiger partial charge is 0.480 e. The van der Waals surface area contributed by atoms with Crippen LogP contribution in [0.25, 0.3) is 0 Å². The molecule has 3 N–H and O–H groups in total. The minimum atomic E-state index is -4.14. The Balaban J connectivity index is 1.54.